The van der Waals surface area contributed by atoms with E-state index in [0.29, 0.717) is 12.2 Å². The Kier molecular flexibility index (Phi) is 5.70. The van der Waals surface area contributed by atoms with Gasteiger partial charge in [0, 0.05) is 12.2 Å². The van der Waals surface area contributed by atoms with Gasteiger partial charge >= 0.3 is 0 Å². The van der Waals surface area contributed by atoms with Gasteiger partial charge in [-0.2, -0.15) is 0 Å². The maximum Gasteiger partial charge on any atom is 0.286 e. The predicted molar refractivity (Wildman–Crippen MR) is 101 cm³/mol. The van der Waals surface area contributed by atoms with Crippen molar-refractivity contribution in [3.63, 3.8) is 0 Å². The van der Waals surface area contributed by atoms with E-state index in [4.69, 9.17) is 0 Å². The molecule has 2 aromatic carbocycles. The van der Waals surface area contributed by atoms with E-state index in [1.807, 2.05) is 55.5 Å². The molecule has 1 atom stereocenters. The van der Waals surface area contributed by atoms with Crippen LogP contribution in [0.3, 0.4) is 0 Å². The zero-order chi connectivity index (χ0) is 18.4. The van der Waals surface area contributed by atoms with Crippen LogP contribution in [0.25, 0.3) is 0 Å². The van der Waals surface area contributed by atoms with Gasteiger partial charge in [0.15, 0.2) is 0 Å². The summed E-state index contributed by atoms with van der Waals surface area (Å²) >= 11 is 0.970. The zero-order valence-electron chi connectivity index (χ0n) is 14.2. The largest absolute Gasteiger partial charge is 0.349 e. The van der Waals surface area contributed by atoms with E-state index >= 15 is 0 Å². The van der Waals surface area contributed by atoms with E-state index in [-0.39, 0.29) is 27.7 Å². The summed E-state index contributed by atoms with van der Waals surface area (Å²) in [5.74, 6) is -0.539. The van der Waals surface area contributed by atoms with Crippen LogP contribution in [0.1, 0.15) is 38.0 Å². The number of para-hydroxylation sites is 1. The lowest BCUT2D eigenvalue weighted by atomic mass is 10.0. The first-order valence-electron chi connectivity index (χ1n) is 8.16. The molecule has 0 saturated carbocycles. The molecule has 0 aliphatic rings. The summed E-state index contributed by atoms with van der Waals surface area (Å²) in [5, 5.41) is 13.5. The van der Waals surface area contributed by atoms with Crippen LogP contribution in [0.5, 0.6) is 0 Å². The highest BCUT2D eigenvalue weighted by Gasteiger charge is 2.18. The Morgan fingerprint density at radius 3 is 2.15 bits per heavy atom. The molecule has 132 valence electrons. The monoisotopic (exact) mass is 366 g/mol. The first-order valence-corrected chi connectivity index (χ1v) is 8.98. The van der Waals surface area contributed by atoms with E-state index in [9.17, 15) is 9.59 Å². The molecule has 0 radical (unpaired) electrons. The molecule has 1 heterocycles. The molecular formula is C19H18N4O2S. The highest BCUT2D eigenvalue weighted by molar-refractivity contribution is 7.15. The fourth-order valence-electron chi connectivity index (χ4n) is 2.33. The number of hydrogen-bond donors (Lipinski definition) is 2. The van der Waals surface area contributed by atoms with Crippen molar-refractivity contribution in [3.05, 3.63) is 76.2 Å². The third-order valence-electron chi connectivity index (χ3n) is 3.78. The van der Waals surface area contributed by atoms with Crippen LogP contribution >= 0.6 is 11.3 Å². The maximum absolute atomic E-state index is 12.2. The van der Waals surface area contributed by atoms with Crippen molar-refractivity contribution in [3.8, 4) is 0 Å². The van der Waals surface area contributed by atoms with Gasteiger partial charge in [0.25, 0.3) is 11.8 Å². The Labute approximate surface area is 155 Å². The van der Waals surface area contributed by atoms with Crippen molar-refractivity contribution in [1.29, 1.82) is 0 Å². The molecule has 0 saturated heterocycles. The molecule has 2 amide bonds. The van der Waals surface area contributed by atoms with Crippen molar-refractivity contribution in [2.45, 2.75) is 12.8 Å². The molecule has 3 aromatic rings. The summed E-state index contributed by atoms with van der Waals surface area (Å²) in [5.41, 5.74) is 1.81. The molecule has 2 N–H and O–H groups in total. The minimum absolute atomic E-state index is 0.148. The average Bonchev–Trinajstić information content (AvgIpc) is 3.18. The summed E-state index contributed by atoms with van der Waals surface area (Å²) in [6, 6.07) is 19.0. The number of benzene rings is 2. The standard InChI is InChI=1S/C19H18N4O2S/c1-13(14-8-4-2-5-9-14)12-20-16(24)18-22-23-19(26-18)17(25)21-15-10-6-3-7-11-15/h2-11,13H,12H2,1H3,(H,20,24)(H,21,25). The Morgan fingerprint density at radius 2 is 1.50 bits per heavy atom. The van der Waals surface area contributed by atoms with Crippen molar-refractivity contribution in [2.24, 2.45) is 0 Å². The fraction of sp³-hybridized carbons (Fsp3) is 0.158. The van der Waals surface area contributed by atoms with Crippen LogP contribution < -0.4 is 10.6 Å². The van der Waals surface area contributed by atoms with E-state index < -0.39 is 0 Å². The van der Waals surface area contributed by atoms with Crippen LogP contribution in [0.15, 0.2) is 60.7 Å². The van der Waals surface area contributed by atoms with Crippen LogP contribution in [-0.2, 0) is 0 Å². The van der Waals surface area contributed by atoms with Crippen molar-refractivity contribution >= 4 is 28.8 Å². The lowest BCUT2D eigenvalue weighted by Crippen LogP contribution is -2.27. The zero-order valence-corrected chi connectivity index (χ0v) is 15.0. The molecule has 3 rings (SSSR count). The second kappa shape index (κ2) is 8.35. The van der Waals surface area contributed by atoms with Crippen molar-refractivity contribution < 1.29 is 9.59 Å². The number of rotatable bonds is 6. The van der Waals surface area contributed by atoms with Crippen molar-refractivity contribution in [1.82, 2.24) is 15.5 Å². The van der Waals surface area contributed by atoms with Gasteiger partial charge in [-0.1, -0.05) is 66.8 Å². The molecule has 1 unspecified atom stereocenters. The molecule has 0 fully saturated rings. The molecule has 0 aliphatic heterocycles. The normalized spacial score (nSPS) is 11.6. The topological polar surface area (TPSA) is 84.0 Å². The third-order valence-corrected chi connectivity index (χ3v) is 4.70. The molecule has 0 bridgehead atoms. The summed E-state index contributed by atoms with van der Waals surface area (Å²) in [6.45, 7) is 2.52. The first kappa shape index (κ1) is 17.8. The van der Waals surface area contributed by atoms with Gasteiger partial charge in [0.1, 0.15) is 0 Å². The summed E-state index contributed by atoms with van der Waals surface area (Å²) in [7, 11) is 0. The van der Waals surface area contributed by atoms with Gasteiger partial charge in [0.2, 0.25) is 10.0 Å². The minimum Gasteiger partial charge on any atom is -0.349 e. The summed E-state index contributed by atoms with van der Waals surface area (Å²) in [6.07, 6.45) is 0. The van der Waals surface area contributed by atoms with Gasteiger partial charge in [-0.3, -0.25) is 9.59 Å². The molecule has 6 nitrogen and oxygen atoms in total. The predicted octanol–water partition coefficient (Wildman–Crippen LogP) is 3.32. The second-order valence-corrected chi connectivity index (χ2v) is 6.73. The second-order valence-electron chi connectivity index (χ2n) is 5.75. The molecule has 26 heavy (non-hydrogen) atoms. The van der Waals surface area contributed by atoms with Crippen LogP contribution in [0.4, 0.5) is 5.69 Å². The Bertz CT molecular complexity index is 881. The number of hydrogen-bond acceptors (Lipinski definition) is 5. The Balaban J connectivity index is 1.57. The summed E-state index contributed by atoms with van der Waals surface area (Å²) in [4.78, 5) is 24.4. The number of aromatic nitrogens is 2. The Hall–Kier alpha value is -3.06. The van der Waals surface area contributed by atoms with Gasteiger partial charge in [-0.15, -0.1) is 10.2 Å². The average molecular weight is 366 g/mol. The van der Waals surface area contributed by atoms with Gasteiger partial charge in [-0.05, 0) is 23.6 Å². The van der Waals surface area contributed by atoms with E-state index in [1.165, 1.54) is 0 Å². The van der Waals surface area contributed by atoms with Crippen LogP contribution in [0, 0.1) is 0 Å². The fourth-order valence-corrected chi connectivity index (χ4v) is 2.99. The maximum atomic E-state index is 12.2. The molecule has 0 aliphatic carbocycles. The smallest absolute Gasteiger partial charge is 0.286 e. The Morgan fingerprint density at radius 1 is 0.923 bits per heavy atom. The van der Waals surface area contributed by atoms with E-state index in [1.54, 1.807) is 12.1 Å². The van der Waals surface area contributed by atoms with Crippen LogP contribution in [-0.4, -0.2) is 28.6 Å². The number of nitrogens with one attached hydrogen (secondary N) is 2. The van der Waals surface area contributed by atoms with Gasteiger partial charge in [0.05, 0.1) is 0 Å². The number of nitrogens with zero attached hydrogens (tertiary/aromatic N) is 2. The quantitative estimate of drug-likeness (QED) is 0.701. The molecule has 0 spiro atoms. The number of amides is 2. The number of carbonyl (C=O) groups excluding carboxylic acids is 2. The van der Waals surface area contributed by atoms with Crippen molar-refractivity contribution in [2.75, 3.05) is 11.9 Å². The molecule has 1 aromatic heterocycles. The van der Waals surface area contributed by atoms with E-state index in [2.05, 4.69) is 20.8 Å². The molecular weight excluding hydrogens is 348 g/mol. The number of anilines is 1. The lowest BCUT2D eigenvalue weighted by molar-refractivity contribution is 0.0949. The number of carbonyl (C=O) groups is 2. The van der Waals surface area contributed by atoms with Gasteiger partial charge in [-0.25, -0.2) is 0 Å². The lowest BCUT2D eigenvalue weighted by Gasteiger charge is -2.11. The SMILES string of the molecule is CC(CNC(=O)c1nnc(C(=O)Nc2ccccc2)s1)c1ccccc1. The summed E-state index contributed by atoms with van der Waals surface area (Å²) < 4.78 is 0. The third kappa shape index (κ3) is 4.52. The minimum atomic E-state index is -0.384. The first-order chi connectivity index (χ1) is 12.6. The van der Waals surface area contributed by atoms with Crippen LogP contribution in [0.2, 0.25) is 0 Å². The highest BCUT2D eigenvalue weighted by Crippen LogP contribution is 2.15. The van der Waals surface area contributed by atoms with Gasteiger partial charge < -0.3 is 10.6 Å². The molecule has 7 heteroatoms. The van der Waals surface area contributed by atoms with E-state index in [0.717, 1.165) is 16.9 Å². The highest BCUT2D eigenvalue weighted by atomic mass is 32.1.